The van der Waals surface area contributed by atoms with Gasteiger partial charge < -0.3 is 4.74 Å². The maximum absolute atomic E-state index is 12.5. The fourth-order valence-corrected chi connectivity index (χ4v) is 2.78. The van der Waals surface area contributed by atoms with E-state index in [1.54, 1.807) is 0 Å². The summed E-state index contributed by atoms with van der Waals surface area (Å²) in [5.74, 6) is 0.191. The van der Waals surface area contributed by atoms with Crippen molar-refractivity contribution in [2.24, 2.45) is 0 Å². The molecule has 1 aliphatic rings. The quantitative estimate of drug-likeness (QED) is 0.752. The number of benzene rings is 1. The summed E-state index contributed by atoms with van der Waals surface area (Å²) in [6.45, 7) is 5.80. The predicted molar refractivity (Wildman–Crippen MR) is 85.8 cm³/mol. The van der Waals surface area contributed by atoms with Crippen molar-refractivity contribution in [3.63, 3.8) is 0 Å². The van der Waals surface area contributed by atoms with E-state index in [-0.39, 0.29) is 17.9 Å². The molecule has 0 bridgehead atoms. The number of nitrogens with zero attached hydrogens (tertiary/aromatic N) is 1. The largest absolute Gasteiger partial charge is 0.377 e. The normalized spacial score (nSPS) is 20.5. The first-order valence-electron chi connectivity index (χ1n) is 8.06. The summed E-state index contributed by atoms with van der Waals surface area (Å²) in [6, 6.07) is 7.88. The van der Waals surface area contributed by atoms with Crippen molar-refractivity contribution in [2.75, 3.05) is 20.2 Å². The molecule has 2 atom stereocenters. The van der Waals surface area contributed by atoms with Crippen LogP contribution in [0.1, 0.15) is 49.0 Å². The van der Waals surface area contributed by atoms with Crippen LogP contribution in [-0.4, -0.2) is 43.0 Å². The summed E-state index contributed by atoms with van der Waals surface area (Å²) in [6.07, 6.45) is 4.79. The molecule has 2 unspecified atom stereocenters. The molecule has 1 saturated heterocycles. The van der Waals surface area contributed by atoms with Crippen LogP contribution in [0.4, 0.5) is 0 Å². The number of ether oxygens (including phenoxy) is 1. The van der Waals surface area contributed by atoms with Crippen LogP contribution in [0.5, 0.6) is 0 Å². The Morgan fingerprint density at radius 2 is 2.05 bits per heavy atom. The zero-order valence-electron chi connectivity index (χ0n) is 13.5. The second-order valence-electron chi connectivity index (χ2n) is 6.02. The number of rotatable bonds is 6. The van der Waals surface area contributed by atoms with Gasteiger partial charge >= 0.3 is 0 Å². The van der Waals surface area contributed by atoms with E-state index in [1.165, 1.54) is 18.4 Å². The molecule has 0 spiro atoms. The minimum absolute atomic E-state index is 0.108. The summed E-state index contributed by atoms with van der Waals surface area (Å²) in [5, 5.41) is 0. The predicted octanol–water partition coefficient (Wildman–Crippen LogP) is 3.32. The monoisotopic (exact) mass is 289 g/mol. The van der Waals surface area contributed by atoms with Gasteiger partial charge in [-0.3, -0.25) is 9.69 Å². The van der Waals surface area contributed by atoms with Gasteiger partial charge in [-0.25, -0.2) is 0 Å². The van der Waals surface area contributed by atoms with Gasteiger partial charge in [0.05, 0.1) is 12.1 Å². The number of aryl methyl sites for hydroxylation is 1. The molecular formula is C18H27NO2. The molecule has 0 saturated carbocycles. The van der Waals surface area contributed by atoms with E-state index in [4.69, 9.17) is 4.74 Å². The highest BCUT2D eigenvalue weighted by molar-refractivity contribution is 5.99. The minimum atomic E-state index is -0.108. The van der Waals surface area contributed by atoms with Crippen LogP contribution in [0.3, 0.4) is 0 Å². The molecule has 1 heterocycles. The third-order valence-electron chi connectivity index (χ3n) is 4.45. The molecule has 3 nitrogen and oxygen atoms in total. The third kappa shape index (κ3) is 4.39. The lowest BCUT2D eigenvalue weighted by atomic mass is 10.0. The Hall–Kier alpha value is -1.19. The lowest BCUT2D eigenvalue weighted by molar-refractivity contribution is -0.00577. The second kappa shape index (κ2) is 7.71. The van der Waals surface area contributed by atoms with Crippen LogP contribution in [-0.2, 0) is 11.2 Å². The lowest BCUT2D eigenvalue weighted by Crippen LogP contribution is -2.42. The van der Waals surface area contributed by atoms with Crippen molar-refractivity contribution in [3.05, 3.63) is 35.4 Å². The van der Waals surface area contributed by atoms with Gasteiger partial charge in [-0.15, -0.1) is 0 Å². The zero-order valence-corrected chi connectivity index (χ0v) is 13.5. The smallest absolute Gasteiger partial charge is 0.179 e. The van der Waals surface area contributed by atoms with E-state index in [9.17, 15) is 4.79 Å². The zero-order chi connectivity index (χ0) is 15.2. The Kier molecular flexibility index (Phi) is 5.95. The number of hydrogen-bond donors (Lipinski definition) is 0. The Morgan fingerprint density at radius 3 is 2.62 bits per heavy atom. The summed E-state index contributed by atoms with van der Waals surface area (Å²) < 4.78 is 5.76. The average Bonchev–Trinajstić information content (AvgIpc) is 2.54. The van der Waals surface area contributed by atoms with Gasteiger partial charge in [0.25, 0.3) is 0 Å². The number of likely N-dealkylation sites (N-methyl/N-ethyl adjacent to an activating group) is 1. The molecule has 3 heteroatoms. The number of Topliss-reactive ketones (excluding diaryl/α,β-unsaturated/α-hetero) is 1. The summed E-state index contributed by atoms with van der Waals surface area (Å²) in [7, 11) is 2.01. The van der Waals surface area contributed by atoms with Crippen molar-refractivity contribution in [2.45, 2.75) is 51.7 Å². The summed E-state index contributed by atoms with van der Waals surface area (Å²) in [5.41, 5.74) is 2.07. The standard InChI is InChI=1S/C18H27NO2/c1-4-15-8-10-16(11-9-15)18(20)14(2)19(3)13-17-7-5-6-12-21-17/h8-11,14,17H,4-7,12-13H2,1-3H3. The minimum Gasteiger partial charge on any atom is -0.377 e. The van der Waals surface area contributed by atoms with E-state index < -0.39 is 0 Å². The van der Waals surface area contributed by atoms with Crippen molar-refractivity contribution >= 4 is 5.78 Å². The number of ketones is 1. The molecule has 116 valence electrons. The van der Waals surface area contributed by atoms with Gasteiger partial charge in [0, 0.05) is 18.7 Å². The Labute approximate surface area is 128 Å². The molecule has 0 radical (unpaired) electrons. The van der Waals surface area contributed by atoms with E-state index in [2.05, 4.69) is 11.8 Å². The Bertz CT molecular complexity index is 449. The van der Waals surface area contributed by atoms with Crippen molar-refractivity contribution < 1.29 is 9.53 Å². The molecule has 21 heavy (non-hydrogen) atoms. The molecule has 0 aliphatic carbocycles. The summed E-state index contributed by atoms with van der Waals surface area (Å²) >= 11 is 0. The number of carbonyl (C=O) groups excluding carboxylic acids is 1. The van der Waals surface area contributed by atoms with Crippen LogP contribution in [0.25, 0.3) is 0 Å². The first-order valence-corrected chi connectivity index (χ1v) is 8.06. The van der Waals surface area contributed by atoms with E-state index in [0.29, 0.717) is 0 Å². The van der Waals surface area contributed by atoms with E-state index >= 15 is 0 Å². The van der Waals surface area contributed by atoms with Crippen LogP contribution < -0.4 is 0 Å². The molecular weight excluding hydrogens is 262 g/mol. The van der Waals surface area contributed by atoms with Crippen molar-refractivity contribution in [1.82, 2.24) is 4.90 Å². The van der Waals surface area contributed by atoms with Gasteiger partial charge in [0.15, 0.2) is 5.78 Å². The average molecular weight is 289 g/mol. The van der Waals surface area contributed by atoms with Gasteiger partial charge in [-0.1, -0.05) is 31.2 Å². The lowest BCUT2D eigenvalue weighted by Gasteiger charge is -2.30. The highest BCUT2D eigenvalue weighted by Gasteiger charge is 2.23. The summed E-state index contributed by atoms with van der Waals surface area (Å²) in [4.78, 5) is 14.7. The fraction of sp³-hybridized carbons (Fsp3) is 0.611. The molecule has 0 aromatic heterocycles. The maximum atomic E-state index is 12.5. The van der Waals surface area contributed by atoms with Crippen LogP contribution >= 0.6 is 0 Å². The SMILES string of the molecule is CCc1ccc(C(=O)C(C)N(C)CC2CCCCO2)cc1. The molecule has 1 aromatic carbocycles. The maximum Gasteiger partial charge on any atom is 0.179 e. The van der Waals surface area contributed by atoms with Gasteiger partial charge in [-0.2, -0.15) is 0 Å². The molecule has 1 aliphatic heterocycles. The van der Waals surface area contributed by atoms with Crippen LogP contribution in [0, 0.1) is 0 Å². The molecule has 1 aromatic rings. The first-order chi connectivity index (χ1) is 10.1. The first kappa shape index (κ1) is 16.2. The third-order valence-corrected chi connectivity index (χ3v) is 4.45. The van der Waals surface area contributed by atoms with E-state index in [0.717, 1.165) is 31.6 Å². The van der Waals surface area contributed by atoms with E-state index in [1.807, 2.05) is 38.2 Å². The fourth-order valence-electron chi connectivity index (χ4n) is 2.78. The highest BCUT2D eigenvalue weighted by Crippen LogP contribution is 2.16. The molecule has 2 rings (SSSR count). The topological polar surface area (TPSA) is 29.5 Å². The Morgan fingerprint density at radius 1 is 1.33 bits per heavy atom. The number of carbonyl (C=O) groups is 1. The van der Waals surface area contributed by atoms with Crippen molar-refractivity contribution in [3.8, 4) is 0 Å². The highest BCUT2D eigenvalue weighted by atomic mass is 16.5. The van der Waals surface area contributed by atoms with Gasteiger partial charge in [0.2, 0.25) is 0 Å². The second-order valence-corrected chi connectivity index (χ2v) is 6.02. The van der Waals surface area contributed by atoms with Gasteiger partial charge in [0.1, 0.15) is 0 Å². The number of hydrogen-bond acceptors (Lipinski definition) is 3. The molecule has 1 fully saturated rings. The van der Waals surface area contributed by atoms with Crippen LogP contribution in [0.15, 0.2) is 24.3 Å². The van der Waals surface area contributed by atoms with Crippen molar-refractivity contribution in [1.29, 1.82) is 0 Å². The Balaban J connectivity index is 1.93. The molecule has 0 amide bonds. The van der Waals surface area contributed by atoms with Gasteiger partial charge in [-0.05, 0) is 45.2 Å². The molecule has 0 N–H and O–H groups in total. The van der Waals surface area contributed by atoms with Crippen LogP contribution in [0.2, 0.25) is 0 Å².